The van der Waals surface area contributed by atoms with Crippen molar-refractivity contribution < 1.29 is 4.79 Å². The largest absolute Gasteiger partial charge is 0.350 e. The van der Waals surface area contributed by atoms with E-state index in [1.54, 1.807) is 42.6 Å². The first-order valence-corrected chi connectivity index (χ1v) is 7.52. The van der Waals surface area contributed by atoms with Gasteiger partial charge in [0.15, 0.2) is 0 Å². The number of carbonyl (C=O) groups is 1. The van der Waals surface area contributed by atoms with Gasteiger partial charge in [-0.1, -0.05) is 0 Å². The predicted molar refractivity (Wildman–Crippen MR) is 89.5 cm³/mol. The highest BCUT2D eigenvalue weighted by Gasteiger charge is 2.10. The van der Waals surface area contributed by atoms with Crippen molar-refractivity contribution in [3.63, 3.8) is 0 Å². The first kappa shape index (κ1) is 15.7. The summed E-state index contributed by atoms with van der Waals surface area (Å²) < 4.78 is 3.13. The van der Waals surface area contributed by atoms with Crippen LogP contribution in [0.25, 0.3) is 11.1 Å². The van der Waals surface area contributed by atoms with Gasteiger partial charge >= 0.3 is 0 Å². The average molecular weight is 323 g/mol. The van der Waals surface area contributed by atoms with Gasteiger partial charge in [0.05, 0.1) is 12.7 Å². The number of hydrogen-bond acceptors (Lipinski definition) is 4. The van der Waals surface area contributed by atoms with E-state index in [2.05, 4.69) is 15.4 Å². The van der Waals surface area contributed by atoms with Crippen molar-refractivity contribution in [1.29, 1.82) is 0 Å². The topological polar surface area (TPSA) is 81.8 Å². The zero-order valence-electron chi connectivity index (χ0n) is 13.2. The third-order valence-corrected chi connectivity index (χ3v) is 3.64. The first-order chi connectivity index (χ1) is 11.6. The Labute approximate surface area is 138 Å². The molecule has 0 radical (unpaired) electrons. The maximum atomic E-state index is 12.1. The van der Waals surface area contributed by atoms with Crippen molar-refractivity contribution in [2.45, 2.75) is 6.54 Å². The fraction of sp³-hybridized carbons (Fsp3) is 0.176. The van der Waals surface area contributed by atoms with Gasteiger partial charge < -0.3 is 9.88 Å². The lowest BCUT2D eigenvalue weighted by molar-refractivity contribution is 0.0950. The van der Waals surface area contributed by atoms with Crippen LogP contribution in [0.3, 0.4) is 0 Å². The molecule has 0 spiro atoms. The standard InChI is InChI=1S/C17H17N5O2/c1-21-9-2-3-15(17(21)24)16(23)19-8-10-22-12-14(11-20-22)13-4-6-18-7-5-13/h2-7,9,11-12H,8,10H2,1H3,(H,19,23). The number of nitrogens with zero attached hydrogens (tertiary/aromatic N) is 4. The zero-order valence-corrected chi connectivity index (χ0v) is 13.2. The number of hydrogen-bond donors (Lipinski definition) is 1. The van der Waals surface area contributed by atoms with Crippen molar-refractivity contribution in [3.05, 3.63) is 71.2 Å². The second-order valence-corrected chi connectivity index (χ2v) is 5.32. The molecule has 3 aromatic heterocycles. The highest BCUT2D eigenvalue weighted by atomic mass is 16.2. The van der Waals surface area contributed by atoms with E-state index in [0.717, 1.165) is 11.1 Å². The van der Waals surface area contributed by atoms with Crippen LogP contribution in [0.15, 0.2) is 60.0 Å². The zero-order chi connectivity index (χ0) is 16.9. The Kier molecular flexibility index (Phi) is 4.51. The van der Waals surface area contributed by atoms with Crippen LogP contribution < -0.4 is 10.9 Å². The fourth-order valence-corrected chi connectivity index (χ4v) is 2.33. The van der Waals surface area contributed by atoms with Crippen LogP contribution in [0, 0.1) is 0 Å². The average Bonchev–Trinajstić information content (AvgIpc) is 3.07. The summed E-state index contributed by atoms with van der Waals surface area (Å²) in [4.78, 5) is 27.9. The number of amides is 1. The van der Waals surface area contributed by atoms with Gasteiger partial charge in [0.2, 0.25) is 0 Å². The molecule has 3 aromatic rings. The Morgan fingerprint density at radius 3 is 2.79 bits per heavy atom. The Morgan fingerprint density at radius 2 is 2.00 bits per heavy atom. The van der Waals surface area contributed by atoms with Crippen LogP contribution >= 0.6 is 0 Å². The Balaban J connectivity index is 1.59. The summed E-state index contributed by atoms with van der Waals surface area (Å²) in [6, 6.07) is 7.01. The smallest absolute Gasteiger partial charge is 0.263 e. The maximum Gasteiger partial charge on any atom is 0.263 e. The third kappa shape index (κ3) is 3.40. The minimum Gasteiger partial charge on any atom is -0.350 e. The summed E-state index contributed by atoms with van der Waals surface area (Å²) in [5.74, 6) is -0.377. The number of aromatic nitrogens is 4. The molecule has 1 N–H and O–H groups in total. The third-order valence-electron chi connectivity index (χ3n) is 3.64. The number of aryl methyl sites for hydroxylation is 1. The molecule has 24 heavy (non-hydrogen) atoms. The Bertz CT molecular complexity index is 899. The predicted octanol–water partition coefficient (Wildman–Crippen LogP) is 1.07. The van der Waals surface area contributed by atoms with Gasteiger partial charge in [-0.25, -0.2) is 0 Å². The summed E-state index contributed by atoms with van der Waals surface area (Å²) >= 11 is 0. The molecule has 122 valence electrons. The molecular weight excluding hydrogens is 306 g/mol. The lowest BCUT2D eigenvalue weighted by Crippen LogP contribution is -2.33. The molecular formula is C17H17N5O2. The van der Waals surface area contributed by atoms with E-state index in [-0.39, 0.29) is 17.0 Å². The molecule has 0 aromatic carbocycles. The summed E-state index contributed by atoms with van der Waals surface area (Å²) in [5.41, 5.74) is 1.85. The van der Waals surface area contributed by atoms with E-state index in [9.17, 15) is 9.59 Å². The molecule has 0 aliphatic rings. The number of carbonyl (C=O) groups excluding carboxylic acids is 1. The first-order valence-electron chi connectivity index (χ1n) is 7.52. The van der Waals surface area contributed by atoms with E-state index in [4.69, 9.17) is 0 Å². The number of pyridine rings is 2. The molecule has 0 aliphatic carbocycles. The summed E-state index contributed by atoms with van der Waals surface area (Å²) in [5, 5.41) is 7.01. The van der Waals surface area contributed by atoms with Crippen molar-refractivity contribution in [2.75, 3.05) is 6.54 Å². The molecule has 0 saturated carbocycles. The van der Waals surface area contributed by atoms with Gasteiger partial charge in [-0.2, -0.15) is 5.10 Å². The lowest BCUT2D eigenvalue weighted by atomic mass is 10.1. The van der Waals surface area contributed by atoms with E-state index in [1.807, 2.05) is 18.3 Å². The molecule has 0 saturated heterocycles. The van der Waals surface area contributed by atoms with E-state index >= 15 is 0 Å². The van der Waals surface area contributed by atoms with Crippen molar-refractivity contribution in [1.82, 2.24) is 24.6 Å². The van der Waals surface area contributed by atoms with Gasteiger partial charge in [-0.05, 0) is 29.8 Å². The van der Waals surface area contributed by atoms with Gasteiger partial charge in [0.25, 0.3) is 11.5 Å². The monoisotopic (exact) mass is 323 g/mol. The van der Waals surface area contributed by atoms with Crippen LogP contribution in [-0.4, -0.2) is 31.8 Å². The van der Waals surface area contributed by atoms with Crippen LogP contribution in [0.1, 0.15) is 10.4 Å². The van der Waals surface area contributed by atoms with E-state index in [1.165, 1.54) is 10.6 Å². The molecule has 0 aliphatic heterocycles. The summed E-state index contributed by atoms with van der Waals surface area (Å²) in [7, 11) is 1.61. The minimum atomic E-state index is -0.377. The van der Waals surface area contributed by atoms with Crippen molar-refractivity contribution >= 4 is 5.91 Å². The van der Waals surface area contributed by atoms with Crippen molar-refractivity contribution in [3.8, 4) is 11.1 Å². The Hall–Kier alpha value is -3.22. The molecule has 0 bridgehead atoms. The fourth-order valence-electron chi connectivity index (χ4n) is 2.33. The van der Waals surface area contributed by atoms with Gasteiger partial charge in [-0.3, -0.25) is 19.3 Å². The highest BCUT2D eigenvalue weighted by Crippen LogP contribution is 2.16. The quantitative estimate of drug-likeness (QED) is 0.761. The molecule has 7 heteroatoms. The molecule has 0 atom stereocenters. The van der Waals surface area contributed by atoms with Gasteiger partial charge in [0, 0.05) is 43.9 Å². The van der Waals surface area contributed by atoms with Gasteiger partial charge in [-0.15, -0.1) is 0 Å². The molecule has 0 fully saturated rings. The Morgan fingerprint density at radius 1 is 1.21 bits per heavy atom. The van der Waals surface area contributed by atoms with Crippen LogP contribution in [0.2, 0.25) is 0 Å². The number of rotatable bonds is 5. The molecule has 7 nitrogen and oxygen atoms in total. The van der Waals surface area contributed by atoms with Crippen molar-refractivity contribution in [2.24, 2.45) is 7.05 Å². The lowest BCUT2D eigenvalue weighted by Gasteiger charge is -2.06. The second kappa shape index (κ2) is 6.91. The molecule has 0 unspecified atom stereocenters. The SMILES string of the molecule is Cn1cccc(C(=O)NCCn2cc(-c3ccncc3)cn2)c1=O. The van der Waals surface area contributed by atoms with Crippen LogP contribution in [0.4, 0.5) is 0 Å². The highest BCUT2D eigenvalue weighted by molar-refractivity contribution is 5.93. The number of nitrogens with one attached hydrogen (secondary N) is 1. The van der Waals surface area contributed by atoms with E-state index in [0.29, 0.717) is 13.1 Å². The molecule has 1 amide bonds. The molecule has 3 rings (SSSR count). The normalized spacial score (nSPS) is 10.5. The second-order valence-electron chi connectivity index (χ2n) is 5.32. The minimum absolute atomic E-state index is 0.137. The molecule has 3 heterocycles. The van der Waals surface area contributed by atoms with E-state index < -0.39 is 0 Å². The summed E-state index contributed by atoms with van der Waals surface area (Å²) in [6.45, 7) is 0.901. The van der Waals surface area contributed by atoms with Crippen LogP contribution in [-0.2, 0) is 13.6 Å². The summed E-state index contributed by atoms with van der Waals surface area (Å²) in [6.07, 6.45) is 8.75. The van der Waals surface area contributed by atoms with Crippen LogP contribution in [0.5, 0.6) is 0 Å². The van der Waals surface area contributed by atoms with Gasteiger partial charge in [0.1, 0.15) is 5.56 Å². The maximum absolute atomic E-state index is 12.1.